The molecule has 1 atom stereocenters. The molecule has 0 saturated heterocycles. The SMILES string of the molecule is Cc1ccc(C[C@H](CC(C)C)C(=O)C(C)C)cc1. The van der Waals surface area contributed by atoms with E-state index in [-0.39, 0.29) is 11.8 Å². The number of aryl methyl sites for hydroxylation is 1. The molecule has 0 aliphatic heterocycles. The van der Waals surface area contributed by atoms with Crippen LogP contribution < -0.4 is 0 Å². The largest absolute Gasteiger partial charge is 0.299 e. The zero-order valence-electron chi connectivity index (χ0n) is 12.4. The fourth-order valence-electron chi connectivity index (χ4n) is 2.35. The number of benzene rings is 1. The fraction of sp³-hybridized carbons (Fsp3) is 0.588. The molecular weight excluding hydrogens is 220 g/mol. The molecule has 100 valence electrons. The van der Waals surface area contributed by atoms with E-state index in [2.05, 4.69) is 45.0 Å². The zero-order chi connectivity index (χ0) is 13.7. The number of hydrogen-bond donors (Lipinski definition) is 0. The van der Waals surface area contributed by atoms with E-state index in [1.54, 1.807) is 0 Å². The lowest BCUT2D eigenvalue weighted by atomic mass is 9.84. The van der Waals surface area contributed by atoms with E-state index in [1.165, 1.54) is 11.1 Å². The number of rotatable bonds is 6. The van der Waals surface area contributed by atoms with Gasteiger partial charge in [0.1, 0.15) is 5.78 Å². The van der Waals surface area contributed by atoms with Crippen LogP contribution in [0.2, 0.25) is 0 Å². The number of carbonyl (C=O) groups excluding carboxylic acids is 1. The summed E-state index contributed by atoms with van der Waals surface area (Å²) in [5.41, 5.74) is 2.55. The summed E-state index contributed by atoms with van der Waals surface area (Å²) in [5.74, 6) is 1.29. The Balaban J connectivity index is 2.77. The molecule has 0 N–H and O–H groups in total. The van der Waals surface area contributed by atoms with Gasteiger partial charge in [0.2, 0.25) is 0 Å². The van der Waals surface area contributed by atoms with Crippen LogP contribution in [-0.2, 0) is 11.2 Å². The average molecular weight is 246 g/mol. The predicted octanol–water partition coefficient (Wildman–Crippen LogP) is 4.42. The number of Topliss-reactive ketones (excluding diaryl/α,β-unsaturated/α-hetero) is 1. The van der Waals surface area contributed by atoms with Gasteiger partial charge in [-0.1, -0.05) is 57.5 Å². The van der Waals surface area contributed by atoms with Crippen LogP contribution in [0.4, 0.5) is 0 Å². The molecule has 0 amide bonds. The van der Waals surface area contributed by atoms with Gasteiger partial charge in [0.25, 0.3) is 0 Å². The highest BCUT2D eigenvalue weighted by Crippen LogP contribution is 2.21. The van der Waals surface area contributed by atoms with Gasteiger partial charge in [0.05, 0.1) is 0 Å². The summed E-state index contributed by atoms with van der Waals surface area (Å²) in [5, 5.41) is 0. The first-order valence-corrected chi connectivity index (χ1v) is 6.99. The van der Waals surface area contributed by atoms with Crippen LogP contribution >= 0.6 is 0 Å². The Morgan fingerprint density at radius 3 is 2.06 bits per heavy atom. The molecule has 0 aliphatic rings. The molecule has 0 spiro atoms. The van der Waals surface area contributed by atoms with Crippen molar-refractivity contribution in [2.75, 3.05) is 0 Å². The van der Waals surface area contributed by atoms with E-state index in [4.69, 9.17) is 0 Å². The monoisotopic (exact) mass is 246 g/mol. The molecular formula is C17H26O. The van der Waals surface area contributed by atoms with E-state index in [0.29, 0.717) is 11.7 Å². The van der Waals surface area contributed by atoms with Crippen molar-refractivity contribution in [1.82, 2.24) is 0 Å². The first kappa shape index (κ1) is 14.9. The van der Waals surface area contributed by atoms with Crippen molar-refractivity contribution >= 4 is 5.78 Å². The third-order valence-electron chi connectivity index (χ3n) is 3.33. The highest BCUT2D eigenvalue weighted by atomic mass is 16.1. The Hall–Kier alpha value is -1.11. The Morgan fingerprint density at radius 1 is 1.06 bits per heavy atom. The van der Waals surface area contributed by atoms with Crippen LogP contribution in [0.25, 0.3) is 0 Å². The van der Waals surface area contributed by atoms with Gasteiger partial charge < -0.3 is 0 Å². The predicted molar refractivity (Wildman–Crippen MR) is 77.7 cm³/mol. The molecule has 0 fully saturated rings. The fourth-order valence-corrected chi connectivity index (χ4v) is 2.35. The standard InChI is InChI=1S/C17H26O/c1-12(2)10-16(17(18)13(3)4)11-15-8-6-14(5)7-9-15/h6-9,12-13,16H,10-11H2,1-5H3/t16-/m0/s1. The Kier molecular flexibility index (Phi) is 5.58. The molecule has 0 radical (unpaired) electrons. The van der Waals surface area contributed by atoms with Crippen molar-refractivity contribution in [1.29, 1.82) is 0 Å². The number of hydrogen-bond acceptors (Lipinski definition) is 1. The summed E-state index contributed by atoms with van der Waals surface area (Å²) in [6, 6.07) is 8.55. The van der Waals surface area contributed by atoms with E-state index in [0.717, 1.165) is 12.8 Å². The van der Waals surface area contributed by atoms with Gasteiger partial charge in [0.15, 0.2) is 0 Å². The van der Waals surface area contributed by atoms with Crippen LogP contribution in [-0.4, -0.2) is 5.78 Å². The van der Waals surface area contributed by atoms with Gasteiger partial charge in [-0.05, 0) is 31.2 Å². The Morgan fingerprint density at radius 2 is 1.61 bits per heavy atom. The molecule has 0 saturated carbocycles. The normalized spacial score (nSPS) is 13.1. The lowest BCUT2D eigenvalue weighted by molar-refractivity contribution is -0.126. The maximum atomic E-state index is 12.2. The minimum absolute atomic E-state index is 0.138. The van der Waals surface area contributed by atoms with Crippen molar-refractivity contribution in [2.45, 2.75) is 47.5 Å². The van der Waals surface area contributed by atoms with Gasteiger partial charge >= 0.3 is 0 Å². The van der Waals surface area contributed by atoms with Crippen molar-refractivity contribution in [2.24, 2.45) is 17.8 Å². The van der Waals surface area contributed by atoms with Crippen LogP contribution in [0, 0.1) is 24.7 Å². The number of carbonyl (C=O) groups is 1. The molecule has 1 rings (SSSR count). The summed E-state index contributed by atoms with van der Waals surface area (Å²) in [6.45, 7) is 10.5. The van der Waals surface area contributed by atoms with E-state index in [1.807, 2.05) is 13.8 Å². The average Bonchev–Trinajstić information content (AvgIpc) is 2.29. The first-order chi connectivity index (χ1) is 8.40. The molecule has 1 nitrogen and oxygen atoms in total. The minimum atomic E-state index is 0.138. The molecule has 0 aliphatic carbocycles. The summed E-state index contributed by atoms with van der Waals surface area (Å²) >= 11 is 0. The zero-order valence-corrected chi connectivity index (χ0v) is 12.4. The van der Waals surface area contributed by atoms with Crippen molar-refractivity contribution < 1.29 is 4.79 Å². The van der Waals surface area contributed by atoms with E-state index >= 15 is 0 Å². The van der Waals surface area contributed by atoms with Gasteiger partial charge in [0, 0.05) is 11.8 Å². The third-order valence-corrected chi connectivity index (χ3v) is 3.33. The van der Waals surface area contributed by atoms with E-state index < -0.39 is 0 Å². The Labute approximate surface area is 112 Å². The maximum Gasteiger partial charge on any atom is 0.138 e. The second-order valence-corrected chi connectivity index (χ2v) is 6.07. The van der Waals surface area contributed by atoms with Crippen molar-refractivity contribution in [3.8, 4) is 0 Å². The smallest absolute Gasteiger partial charge is 0.138 e. The van der Waals surface area contributed by atoms with Gasteiger partial charge in [-0.2, -0.15) is 0 Å². The summed E-state index contributed by atoms with van der Waals surface area (Å²) in [7, 11) is 0. The van der Waals surface area contributed by atoms with Gasteiger partial charge in [-0.3, -0.25) is 4.79 Å². The molecule has 18 heavy (non-hydrogen) atoms. The molecule has 1 aromatic carbocycles. The Bertz CT molecular complexity index is 373. The van der Waals surface area contributed by atoms with Crippen molar-refractivity contribution in [3.05, 3.63) is 35.4 Å². The molecule has 0 unspecified atom stereocenters. The highest BCUT2D eigenvalue weighted by molar-refractivity contribution is 5.83. The second kappa shape index (κ2) is 6.72. The van der Waals surface area contributed by atoms with Crippen LogP contribution in [0.5, 0.6) is 0 Å². The first-order valence-electron chi connectivity index (χ1n) is 6.99. The topological polar surface area (TPSA) is 17.1 Å². The van der Waals surface area contributed by atoms with Crippen LogP contribution in [0.15, 0.2) is 24.3 Å². The summed E-state index contributed by atoms with van der Waals surface area (Å²) in [4.78, 5) is 12.2. The third kappa shape index (κ3) is 4.64. The summed E-state index contributed by atoms with van der Waals surface area (Å²) < 4.78 is 0. The van der Waals surface area contributed by atoms with Gasteiger partial charge in [-0.25, -0.2) is 0 Å². The molecule has 1 aromatic rings. The quantitative estimate of drug-likeness (QED) is 0.726. The molecule has 0 aromatic heterocycles. The number of ketones is 1. The second-order valence-electron chi connectivity index (χ2n) is 6.07. The highest BCUT2D eigenvalue weighted by Gasteiger charge is 2.22. The minimum Gasteiger partial charge on any atom is -0.299 e. The van der Waals surface area contributed by atoms with Gasteiger partial charge in [-0.15, -0.1) is 0 Å². The molecule has 0 heterocycles. The summed E-state index contributed by atoms with van der Waals surface area (Å²) in [6.07, 6.45) is 1.88. The van der Waals surface area contributed by atoms with Crippen LogP contribution in [0.1, 0.15) is 45.2 Å². The lowest BCUT2D eigenvalue weighted by Gasteiger charge is -2.20. The maximum absolute atomic E-state index is 12.2. The van der Waals surface area contributed by atoms with Crippen LogP contribution in [0.3, 0.4) is 0 Å². The molecule has 1 heteroatoms. The van der Waals surface area contributed by atoms with E-state index in [9.17, 15) is 4.79 Å². The molecule has 0 bridgehead atoms. The lowest BCUT2D eigenvalue weighted by Crippen LogP contribution is -2.23. The van der Waals surface area contributed by atoms with Crippen molar-refractivity contribution in [3.63, 3.8) is 0 Å².